The number of likely N-dealkylation sites (N-methyl/N-ethyl adjacent to an activating group) is 1. The summed E-state index contributed by atoms with van der Waals surface area (Å²) in [5.41, 5.74) is 0. The molecule has 0 rings (SSSR count). The number of esters is 1. The Morgan fingerprint density at radius 3 is 1.17 bits per heavy atom. The second-order valence-corrected chi connectivity index (χ2v) is 23.1. The zero-order valence-electron chi connectivity index (χ0n) is 46.8. The van der Waals surface area contributed by atoms with Crippen molar-refractivity contribution in [3.63, 3.8) is 0 Å². The maximum Gasteiger partial charge on any atom is 0.306 e. The fourth-order valence-electron chi connectivity index (χ4n) is 8.88. The molecule has 0 fully saturated rings. The number of unbranched alkanes of at least 4 members (excludes halogenated alkanes) is 39. The predicted octanol–water partition coefficient (Wildman–Crippen LogP) is 18.4. The first-order chi connectivity index (χ1) is 33.6. The van der Waals surface area contributed by atoms with Crippen molar-refractivity contribution in [3.8, 4) is 0 Å². The van der Waals surface area contributed by atoms with Crippen molar-refractivity contribution in [3.05, 3.63) is 24.3 Å². The number of allylic oxidation sites excluding steroid dienone is 4. The molecular weight excluding hydrogens is 878 g/mol. The topological polar surface area (TPSA) is 94.1 Å². The lowest BCUT2D eigenvalue weighted by atomic mass is 10.0. The van der Waals surface area contributed by atoms with Gasteiger partial charge in [0.15, 0.2) is 0 Å². The molecule has 0 spiro atoms. The van der Waals surface area contributed by atoms with Gasteiger partial charge in [0.1, 0.15) is 19.3 Å². The number of carbonyl (C=O) groups excluding carboxylic acids is 1. The molecule has 0 radical (unpaired) electrons. The number of quaternary nitrogens is 1. The van der Waals surface area contributed by atoms with Crippen LogP contribution in [0.5, 0.6) is 0 Å². The smallest absolute Gasteiger partial charge is 0.306 e. The van der Waals surface area contributed by atoms with Gasteiger partial charge in [-0.25, -0.2) is 0 Å². The highest BCUT2D eigenvalue weighted by atomic mass is 31.2. The van der Waals surface area contributed by atoms with Crippen molar-refractivity contribution < 1.29 is 37.3 Å². The minimum atomic E-state index is -4.53. The molecule has 410 valence electrons. The molecule has 0 aliphatic carbocycles. The lowest BCUT2D eigenvalue weighted by Crippen LogP contribution is -2.37. The summed E-state index contributed by atoms with van der Waals surface area (Å²) in [7, 11) is 1.37. The summed E-state index contributed by atoms with van der Waals surface area (Å²) < 4.78 is 34.9. The van der Waals surface area contributed by atoms with E-state index >= 15 is 0 Å². The molecule has 0 aromatic rings. The lowest BCUT2D eigenvalue weighted by molar-refractivity contribution is -0.870. The van der Waals surface area contributed by atoms with Gasteiger partial charge in [-0.1, -0.05) is 269 Å². The first-order valence-corrected chi connectivity index (χ1v) is 31.5. The van der Waals surface area contributed by atoms with Crippen LogP contribution in [0.1, 0.15) is 296 Å². The van der Waals surface area contributed by atoms with Crippen LogP contribution in [-0.2, 0) is 27.9 Å². The Bertz CT molecular complexity index is 1160. The molecule has 0 amide bonds. The minimum Gasteiger partial charge on any atom is -0.756 e. The monoisotopic (exact) mass is 996 g/mol. The zero-order chi connectivity index (χ0) is 50.5. The van der Waals surface area contributed by atoms with Crippen molar-refractivity contribution in [1.29, 1.82) is 0 Å². The summed E-state index contributed by atoms with van der Waals surface area (Å²) >= 11 is 0. The number of phosphoric ester groups is 1. The van der Waals surface area contributed by atoms with E-state index in [1.54, 1.807) is 0 Å². The van der Waals surface area contributed by atoms with Crippen LogP contribution in [0.4, 0.5) is 0 Å². The van der Waals surface area contributed by atoms with Gasteiger partial charge in [0.05, 0.1) is 34.4 Å². The standard InChI is InChI=1S/C60H118NO7P/c1-6-8-10-12-14-16-18-20-22-24-26-28-30-32-34-36-38-40-42-44-46-48-50-52-55-65-57-59(58-67-69(63,64)66-56-54-61(3,4)5)68-60(62)53-51-49-47-45-43-41-39-37-35-33-31-29-27-25-23-21-19-17-15-13-11-9-7-2/h19,21,25,27,59H,6-18,20,22-24,26,28-58H2,1-5H3/b21-19-,27-25-. The molecule has 0 aliphatic heterocycles. The highest BCUT2D eigenvalue weighted by molar-refractivity contribution is 7.45. The summed E-state index contributed by atoms with van der Waals surface area (Å²) in [6.45, 7) is 5.47. The quantitative estimate of drug-likeness (QED) is 0.0197. The number of phosphoric acid groups is 1. The predicted molar refractivity (Wildman–Crippen MR) is 296 cm³/mol. The van der Waals surface area contributed by atoms with E-state index in [9.17, 15) is 14.3 Å². The maximum atomic E-state index is 12.8. The number of rotatable bonds is 57. The van der Waals surface area contributed by atoms with Crippen molar-refractivity contribution in [2.24, 2.45) is 0 Å². The molecule has 0 saturated heterocycles. The first-order valence-electron chi connectivity index (χ1n) is 30.1. The molecule has 9 heteroatoms. The fourth-order valence-corrected chi connectivity index (χ4v) is 9.60. The first kappa shape index (κ1) is 68.0. The molecule has 69 heavy (non-hydrogen) atoms. The van der Waals surface area contributed by atoms with Gasteiger partial charge in [0, 0.05) is 13.0 Å². The Balaban J connectivity index is 4.02. The number of hydrogen-bond donors (Lipinski definition) is 0. The normalized spacial score (nSPS) is 13.5. The Morgan fingerprint density at radius 1 is 0.449 bits per heavy atom. The zero-order valence-corrected chi connectivity index (χ0v) is 47.7. The molecule has 2 atom stereocenters. The number of ether oxygens (including phenoxy) is 2. The van der Waals surface area contributed by atoms with Crippen LogP contribution in [0, 0.1) is 0 Å². The molecule has 0 aromatic carbocycles. The van der Waals surface area contributed by atoms with E-state index in [1.807, 2.05) is 21.1 Å². The third kappa shape index (κ3) is 57.8. The average Bonchev–Trinajstić information content (AvgIpc) is 3.31. The average molecular weight is 997 g/mol. The van der Waals surface area contributed by atoms with E-state index in [-0.39, 0.29) is 25.8 Å². The van der Waals surface area contributed by atoms with Crippen molar-refractivity contribution in [2.45, 2.75) is 302 Å². The Morgan fingerprint density at radius 2 is 0.797 bits per heavy atom. The number of carbonyl (C=O) groups is 1. The molecule has 0 saturated carbocycles. The second kappa shape index (κ2) is 53.3. The molecule has 0 aromatic heterocycles. The van der Waals surface area contributed by atoms with Gasteiger partial charge >= 0.3 is 5.97 Å². The molecule has 2 unspecified atom stereocenters. The van der Waals surface area contributed by atoms with E-state index in [0.29, 0.717) is 24.1 Å². The Labute approximate surface area is 430 Å². The third-order valence-electron chi connectivity index (χ3n) is 13.5. The van der Waals surface area contributed by atoms with Crippen molar-refractivity contribution in [2.75, 3.05) is 54.1 Å². The van der Waals surface area contributed by atoms with Crippen LogP contribution in [-0.4, -0.2) is 70.7 Å². The van der Waals surface area contributed by atoms with Crippen LogP contribution < -0.4 is 4.89 Å². The van der Waals surface area contributed by atoms with E-state index in [0.717, 1.165) is 38.5 Å². The molecule has 0 aliphatic rings. The van der Waals surface area contributed by atoms with E-state index in [1.165, 1.54) is 238 Å². The highest BCUT2D eigenvalue weighted by Gasteiger charge is 2.20. The van der Waals surface area contributed by atoms with E-state index < -0.39 is 13.9 Å². The van der Waals surface area contributed by atoms with E-state index in [2.05, 4.69) is 38.2 Å². The summed E-state index contributed by atoms with van der Waals surface area (Å²) in [6.07, 6.45) is 65.1. The Kier molecular flexibility index (Phi) is 52.5. The van der Waals surface area contributed by atoms with Gasteiger partial charge in [-0.2, -0.15) is 0 Å². The largest absolute Gasteiger partial charge is 0.756 e. The van der Waals surface area contributed by atoms with Crippen LogP contribution in [0.15, 0.2) is 24.3 Å². The van der Waals surface area contributed by atoms with Gasteiger partial charge in [0.2, 0.25) is 0 Å². The maximum absolute atomic E-state index is 12.8. The highest BCUT2D eigenvalue weighted by Crippen LogP contribution is 2.38. The second-order valence-electron chi connectivity index (χ2n) is 21.7. The fraction of sp³-hybridized carbons (Fsp3) is 0.917. The number of hydrogen-bond acceptors (Lipinski definition) is 7. The van der Waals surface area contributed by atoms with Gasteiger partial charge in [0.25, 0.3) is 7.82 Å². The van der Waals surface area contributed by atoms with Crippen LogP contribution in [0.3, 0.4) is 0 Å². The summed E-state index contributed by atoms with van der Waals surface area (Å²) in [5, 5.41) is 0. The lowest BCUT2D eigenvalue weighted by Gasteiger charge is -2.28. The number of nitrogens with zero attached hydrogens (tertiary/aromatic N) is 1. The summed E-state index contributed by atoms with van der Waals surface area (Å²) in [6, 6.07) is 0. The Hall–Kier alpha value is -1.02. The van der Waals surface area contributed by atoms with Crippen LogP contribution in [0.2, 0.25) is 0 Å². The van der Waals surface area contributed by atoms with Gasteiger partial charge < -0.3 is 27.9 Å². The molecule has 8 nitrogen and oxygen atoms in total. The summed E-state index contributed by atoms with van der Waals surface area (Å²) in [4.78, 5) is 25.3. The van der Waals surface area contributed by atoms with Gasteiger partial charge in [-0.3, -0.25) is 9.36 Å². The van der Waals surface area contributed by atoms with Crippen molar-refractivity contribution in [1.82, 2.24) is 0 Å². The molecule has 0 bridgehead atoms. The molecular formula is C60H118NO7P. The van der Waals surface area contributed by atoms with Gasteiger partial charge in [-0.15, -0.1) is 0 Å². The SMILES string of the molecule is CCCCCCC/C=C\C/C=C\CCCCCCCCCCCCCC(=O)OC(COCCCCCCCCCCCCCCCCCCCCCCCCCC)COP(=O)([O-])OCC[N+](C)(C)C. The molecule has 0 N–H and O–H groups in total. The molecule has 0 heterocycles. The van der Waals surface area contributed by atoms with Crippen LogP contribution >= 0.6 is 7.82 Å². The van der Waals surface area contributed by atoms with Gasteiger partial charge in [-0.05, 0) is 44.9 Å². The minimum absolute atomic E-state index is 0.0286. The van der Waals surface area contributed by atoms with E-state index in [4.69, 9.17) is 18.5 Å². The summed E-state index contributed by atoms with van der Waals surface area (Å²) in [5.74, 6) is -0.329. The van der Waals surface area contributed by atoms with Crippen molar-refractivity contribution >= 4 is 13.8 Å². The third-order valence-corrected chi connectivity index (χ3v) is 14.5. The van der Waals surface area contributed by atoms with Crippen LogP contribution in [0.25, 0.3) is 0 Å².